The molecule has 1 aromatic carbocycles. The second kappa shape index (κ2) is 5.85. The maximum atomic E-state index is 12.5. The third-order valence-electron chi connectivity index (χ3n) is 3.57. The molecule has 0 aliphatic carbocycles. The largest absolute Gasteiger partial charge is 0.303 e. The van der Waals surface area contributed by atoms with E-state index in [9.17, 15) is 18.0 Å². The summed E-state index contributed by atoms with van der Waals surface area (Å²) in [4.78, 5) is 22.2. The topological polar surface area (TPSA) is 71.5 Å². The van der Waals surface area contributed by atoms with Gasteiger partial charge in [-0.25, -0.2) is 8.42 Å². The van der Waals surface area contributed by atoms with Gasteiger partial charge in [0.25, 0.3) is 0 Å². The Balaban J connectivity index is 2.25. The van der Waals surface area contributed by atoms with Crippen molar-refractivity contribution in [1.29, 1.82) is 0 Å². The number of benzene rings is 1. The van der Waals surface area contributed by atoms with Gasteiger partial charge in [-0.05, 0) is 31.9 Å². The van der Waals surface area contributed by atoms with Crippen LogP contribution in [-0.4, -0.2) is 37.9 Å². The summed E-state index contributed by atoms with van der Waals surface area (Å²) in [6, 6.07) is 6.07. The van der Waals surface area contributed by atoms with Gasteiger partial charge in [0, 0.05) is 24.6 Å². The van der Waals surface area contributed by atoms with Gasteiger partial charge in [-0.1, -0.05) is 12.1 Å². The number of piperidine rings is 1. The van der Waals surface area contributed by atoms with Gasteiger partial charge < -0.3 is 4.79 Å². The highest BCUT2D eigenvalue weighted by atomic mass is 32.2. The molecule has 6 heteroatoms. The molecule has 1 heterocycles. The van der Waals surface area contributed by atoms with Gasteiger partial charge in [-0.3, -0.25) is 4.79 Å². The number of aldehydes is 1. The van der Waals surface area contributed by atoms with Gasteiger partial charge in [-0.15, -0.1) is 0 Å². The van der Waals surface area contributed by atoms with Crippen LogP contribution in [0.1, 0.15) is 30.1 Å². The highest BCUT2D eigenvalue weighted by Crippen LogP contribution is 2.23. The minimum atomic E-state index is -3.58. The molecule has 0 N–H and O–H groups in total. The molecule has 2 rings (SSSR count). The monoisotopic (exact) mass is 295 g/mol. The fourth-order valence-corrected chi connectivity index (χ4v) is 3.79. The van der Waals surface area contributed by atoms with Crippen LogP contribution in [0.25, 0.3) is 0 Å². The Hall–Kier alpha value is -1.53. The molecule has 0 saturated carbocycles. The minimum Gasteiger partial charge on any atom is -0.303 e. The van der Waals surface area contributed by atoms with Crippen molar-refractivity contribution in [1.82, 2.24) is 4.31 Å². The quantitative estimate of drug-likeness (QED) is 0.623. The van der Waals surface area contributed by atoms with E-state index in [0.717, 1.165) is 6.29 Å². The Kier molecular flexibility index (Phi) is 4.35. The first-order valence-electron chi connectivity index (χ1n) is 6.51. The summed E-state index contributed by atoms with van der Waals surface area (Å²) >= 11 is 0. The smallest absolute Gasteiger partial charge is 0.243 e. The zero-order chi connectivity index (χ0) is 14.8. The Morgan fingerprint density at radius 3 is 2.50 bits per heavy atom. The Morgan fingerprint density at radius 1 is 1.30 bits per heavy atom. The first-order chi connectivity index (χ1) is 9.45. The maximum Gasteiger partial charge on any atom is 0.243 e. The van der Waals surface area contributed by atoms with Crippen molar-refractivity contribution in [2.45, 2.75) is 24.7 Å². The van der Waals surface area contributed by atoms with Crippen LogP contribution in [0.4, 0.5) is 0 Å². The second-order valence-electron chi connectivity index (χ2n) is 4.96. The summed E-state index contributed by atoms with van der Waals surface area (Å²) < 4.78 is 26.3. The molecule has 0 amide bonds. The molecule has 0 atom stereocenters. The van der Waals surface area contributed by atoms with E-state index < -0.39 is 10.0 Å². The summed E-state index contributed by atoms with van der Waals surface area (Å²) in [5.41, 5.74) is 0.383. The molecule has 0 spiro atoms. The Labute approximate surface area is 118 Å². The van der Waals surface area contributed by atoms with Crippen LogP contribution in [0.3, 0.4) is 0 Å². The second-order valence-corrected chi connectivity index (χ2v) is 6.90. The maximum absolute atomic E-state index is 12.5. The predicted octanol–water partition coefficient (Wildman–Crippen LogP) is 1.49. The number of sulfonamides is 1. The summed E-state index contributed by atoms with van der Waals surface area (Å²) in [6.45, 7) is 2.09. The standard InChI is InChI=1S/C14H17NO4S/c1-11(17)13-3-2-4-14(9-13)20(18,19)15-7-5-12(10-16)6-8-15/h2-4,9-10,12H,5-8H2,1H3. The predicted molar refractivity (Wildman–Crippen MR) is 74.0 cm³/mol. The molecule has 1 saturated heterocycles. The zero-order valence-corrected chi connectivity index (χ0v) is 12.1. The third kappa shape index (κ3) is 2.96. The number of hydrogen-bond acceptors (Lipinski definition) is 4. The molecule has 1 fully saturated rings. The number of carbonyl (C=O) groups excluding carboxylic acids is 2. The minimum absolute atomic E-state index is 0.0509. The van der Waals surface area contributed by atoms with E-state index in [2.05, 4.69) is 0 Å². The van der Waals surface area contributed by atoms with E-state index in [0.29, 0.717) is 31.5 Å². The molecule has 5 nitrogen and oxygen atoms in total. The van der Waals surface area contributed by atoms with Crippen LogP contribution in [0.5, 0.6) is 0 Å². The summed E-state index contributed by atoms with van der Waals surface area (Å²) in [7, 11) is -3.58. The van der Waals surface area contributed by atoms with Crippen molar-refractivity contribution >= 4 is 22.1 Å². The lowest BCUT2D eigenvalue weighted by Crippen LogP contribution is -2.38. The Morgan fingerprint density at radius 2 is 1.95 bits per heavy atom. The fourth-order valence-electron chi connectivity index (χ4n) is 2.28. The van der Waals surface area contributed by atoms with Crippen molar-refractivity contribution in [3.8, 4) is 0 Å². The molecule has 1 aromatic rings. The number of ketones is 1. The van der Waals surface area contributed by atoms with Crippen LogP contribution in [0, 0.1) is 5.92 Å². The lowest BCUT2D eigenvalue weighted by molar-refractivity contribution is -0.112. The molecule has 0 bridgehead atoms. The van der Waals surface area contributed by atoms with Gasteiger partial charge in [0.15, 0.2) is 5.78 Å². The summed E-state index contributed by atoms with van der Waals surface area (Å²) in [5.74, 6) is -0.216. The Bertz CT molecular complexity index is 616. The van der Waals surface area contributed by atoms with E-state index in [1.54, 1.807) is 12.1 Å². The molecule has 0 aromatic heterocycles. The van der Waals surface area contributed by atoms with Crippen LogP contribution in [-0.2, 0) is 14.8 Å². The normalized spacial score (nSPS) is 17.9. The van der Waals surface area contributed by atoms with Crippen molar-refractivity contribution in [2.75, 3.05) is 13.1 Å². The first kappa shape index (κ1) is 14.9. The number of rotatable bonds is 4. The van der Waals surface area contributed by atoms with E-state index in [4.69, 9.17) is 0 Å². The van der Waals surface area contributed by atoms with Crippen LogP contribution in [0.2, 0.25) is 0 Å². The average Bonchev–Trinajstić information content (AvgIpc) is 2.47. The van der Waals surface area contributed by atoms with Crippen molar-refractivity contribution in [3.63, 3.8) is 0 Å². The van der Waals surface area contributed by atoms with Gasteiger partial charge in [0.05, 0.1) is 4.90 Å². The van der Waals surface area contributed by atoms with E-state index in [1.807, 2.05) is 0 Å². The number of nitrogens with zero attached hydrogens (tertiary/aromatic N) is 1. The fraction of sp³-hybridized carbons (Fsp3) is 0.429. The van der Waals surface area contributed by atoms with Crippen molar-refractivity contribution in [2.24, 2.45) is 5.92 Å². The molecule has 1 aliphatic heterocycles. The summed E-state index contributed by atoms with van der Waals surface area (Å²) in [5, 5.41) is 0. The SMILES string of the molecule is CC(=O)c1cccc(S(=O)(=O)N2CCC(C=O)CC2)c1. The van der Waals surface area contributed by atoms with Crippen LogP contribution in [0.15, 0.2) is 29.2 Å². The highest BCUT2D eigenvalue weighted by Gasteiger charge is 2.29. The van der Waals surface area contributed by atoms with Gasteiger partial charge in [0.1, 0.15) is 6.29 Å². The molecule has 0 radical (unpaired) electrons. The van der Waals surface area contributed by atoms with Crippen LogP contribution < -0.4 is 0 Å². The molecule has 1 aliphatic rings. The van der Waals surface area contributed by atoms with E-state index in [-0.39, 0.29) is 16.6 Å². The van der Waals surface area contributed by atoms with Crippen molar-refractivity contribution in [3.05, 3.63) is 29.8 Å². The highest BCUT2D eigenvalue weighted by molar-refractivity contribution is 7.89. The summed E-state index contributed by atoms with van der Waals surface area (Å²) in [6.07, 6.45) is 1.99. The van der Waals surface area contributed by atoms with Crippen LogP contribution >= 0.6 is 0 Å². The number of Topliss-reactive ketones (excluding diaryl/α,β-unsaturated/α-hetero) is 1. The third-order valence-corrected chi connectivity index (χ3v) is 5.46. The average molecular weight is 295 g/mol. The lowest BCUT2D eigenvalue weighted by Gasteiger charge is -2.28. The van der Waals surface area contributed by atoms with Gasteiger partial charge in [0.2, 0.25) is 10.0 Å². The zero-order valence-electron chi connectivity index (χ0n) is 11.3. The van der Waals surface area contributed by atoms with E-state index in [1.165, 1.54) is 23.4 Å². The first-order valence-corrected chi connectivity index (χ1v) is 7.95. The molecular weight excluding hydrogens is 278 g/mol. The van der Waals surface area contributed by atoms with E-state index >= 15 is 0 Å². The molecular formula is C14H17NO4S. The number of hydrogen-bond donors (Lipinski definition) is 0. The molecule has 0 unspecified atom stereocenters. The van der Waals surface area contributed by atoms with Gasteiger partial charge >= 0.3 is 0 Å². The van der Waals surface area contributed by atoms with Crippen molar-refractivity contribution < 1.29 is 18.0 Å². The lowest BCUT2D eigenvalue weighted by atomic mass is 10.0. The van der Waals surface area contributed by atoms with Gasteiger partial charge in [-0.2, -0.15) is 4.31 Å². The molecule has 20 heavy (non-hydrogen) atoms. The number of carbonyl (C=O) groups is 2. The molecule has 108 valence electrons.